The van der Waals surface area contributed by atoms with Gasteiger partial charge >= 0.3 is 6.18 Å². The van der Waals surface area contributed by atoms with Crippen LogP contribution in [0.1, 0.15) is 17.0 Å². The molecule has 12 heteroatoms. The molecule has 1 N–H and O–H groups in total. The Hall–Kier alpha value is -3.90. The summed E-state index contributed by atoms with van der Waals surface area (Å²) in [5.41, 5.74) is 1.05. The van der Waals surface area contributed by atoms with E-state index in [0.29, 0.717) is 22.6 Å². The van der Waals surface area contributed by atoms with E-state index in [1.54, 1.807) is 31.3 Å². The maximum Gasteiger partial charge on any atom is 0.416 e. The molecule has 2 aromatic heterocycles. The first-order valence-electron chi connectivity index (χ1n) is 10.2. The standard InChI is InChI=1S/C23H19F3N6O2S/c1-16-13-29-19(14-28-16)15-32(31-35(33,34)20-5-3-2-4-6-20)22-27-12-11-21(30-22)17-7-9-18(10-8-17)23(24,25)26/h2-14,31H,15H2,1H3. The van der Waals surface area contributed by atoms with E-state index < -0.39 is 21.8 Å². The van der Waals surface area contributed by atoms with E-state index >= 15 is 0 Å². The van der Waals surface area contributed by atoms with Gasteiger partial charge in [-0.05, 0) is 37.3 Å². The minimum absolute atomic E-state index is 0.0238. The number of anilines is 1. The molecule has 8 nitrogen and oxygen atoms in total. The summed E-state index contributed by atoms with van der Waals surface area (Å²) in [5.74, 6) is -0.0238. The van der Waals surface area contributed by atoms with Gasteiger partial charge in [-0.25, -0.2) is 18.4 Å². The van der Waals surface area contributed by atoms with E-state index in [0.717, 1.165) is 12.1 Å². The van der Waals surface area contributed by atoms with Crippen molar-refractivity contribution in [1.29, 1.82) is 0 Å². The normalized spacial score (nSPS) is 11.9. The maximum absolute atomic E-state index is 13.0. The van der Waals surface area contributed by atoms with Crippen LogP contribution >= 0.6 is 0 Å². The Morgan fingerprint density at radius 2 is 1.63 bits per heavy atom. The third kappa shape index (κ3) is 5.97. The topological polar surface area (TPSA) is 101 Å². The fourth-order valence-corrected chi connectivity index (χ4v) is 4.13. The molecule has 0 aliphatic heterocycles. The minimum atomic E-state index is -4.46. The molecule has 0 fully saturated rings. The first-order valence-corrected chi connectivity index (χ1v) is 11.7. The van der Waals surface area contributed by atoms with Crippen LogP contribution in [0.3, 0.4) is 0 Å². The lowest BCUT2D eigenvalue weighted by Gasteiger charge is -2.23. The summed E-state index contributed by atoms with van der Waals surface area (Å²) in [6.07, 6.45) is -0.0333. The van der Waals surface area contributed by atoms with Crippen molar-refractivity contribution in [3.63, 3.8) is 0 Å². The number of hydrazine groups is 1. The second-order valence-corrected chi connectivity index (χ2v) is 9.12. The largest absolute Gasteiger partial charge is 0.416 e. The summed E-state index contributed by atoms with van der Waals surface area (Å²) in [5, 5.41) is 1.19. The van der Waals surface area contributed by atoms with Gasteiger partial charge in [0.1, 0.15) is 0 Å². The van der Waals surface area contributed by atoms with Gasteiger partial charge in [0, 0.05) is 18.0 Å². The highest BCUT2D eigenvalue weighted by molar-refractivity contribution is 7.89. The number of rotatable bonds is 7. The molecule has 0 aliphatic rings. The second-order valence-electron chi connectivity index (χ2n) is 7.46. The van der Waals surface area contributed by atoms with Gasteiger partial charge in [0.2, 0.25) is 5.95 Å². The number of sulfonamides is 1. The summed E-state index contributed by atoms with van der Waals surface area (Å²) >= 11 is 0. The average Bonchev–Trinajstić information content (AvgIpc) is 2.85. The summed E-state index contributed by atoms with van der Waals surface area (Å²) in [6.45, 7) is 1.71. The van der Waals surface area contributed by atoms with Crippen molar-refractivity contribution >= 4 is 16.0 Å². The number of hydrogen-bond donors (Lipinski definition) is 1. The zero-order chi connectivity index (χ0) is 25.1. The molecular weight excluding hydrogens is 481 g/mol. The van der Waals surface area contributed by atoms with E-state index in [-0.39, 0.29) is 17.4 Å². The fraction of sp³-hybridized carbons (Fsp3) is 0.130. The minimum Gasteiger partial charge on any atom is -0.258 e. The molecule has 2 aromatic carbocycles. The zero-order valence-corrected chi connectivity index (χ0v) is 19.1. The monoisotopic (exact) mass is 500 g/mol. The van der Waals surface area contributed by atoms with E-state index in [1.165, 1.54) is 47.7 Å². The molecule has 0 amide bonds. The maximum atomic E-state index is 13.0. The SMILES string of the molecule is Cc1cnc(CN(NS(=O)(=O)c2ccccc2)c2nccc(-c3ccc(C(F)(F)F)cc3)n2)cn1. The van der Waals surface area contributed by atoms with Crippen molar-refractivity contribution < 1.29 is 21.6 Å². The molecule has 0 radical (unpaired) electrons. The third-order valence-corrected chi connectivity index (χ3v) is 6.18. The van der Waals surface area contributed by atoms with Crippen LogP contribution < -0.4 is 9.84 Å². The molecule has 0 saturated heterocycles. The van der Waals surface area contributed by atoms with Gasteiger partial charge in [-0.3, -0.25) is 15.0 Å². The first-order chi connectivity index (χ1) is 16.6. The van der Waals surface area contributed by atoms with Crippen molar-refractivity contribution in [2.45, 2.75) is 24.5 Å². The highest BCUT2D eigenvalue weighted by Gasteiger charge is 2.30. The molecule has 2 heterocycles. The number of nitrogens with one attached hydrogen (secondary N) is 1. The Morgan fingerprint density at radius 3 is 2.26 bits per heavy atom. The molecule has 0 atom stereocenters. The van der Waals surface area contributed by atoms with Gasteiger partial charge in [-0.15, -0.1) is 4.83 Å². The number of alkyl halides is 3. The van der Waals surface area contributed by atoms with Gasteiger partial charge in [-0.1, -0.05) is 30.3 Å². The number of aromatic nitrogens is 4. The van der Waals surface area contributed by atoms with Crippen molar-refractivity contribution in [3.8, 4) is 11.3 Å². The van der Waals surface area contributed by atoms with Crippen LogP contribution in [0.4, 0.5) is 19.1 Å². The molecule has 0 saturated carbocycles. The highest BCUT2D eigenvalue weighted by Crippen LogP contribution is 2.30. The van der Waals surface area contributed by atoms with Crippen LogP contribution in [0.15, 0.2) is 84.1 Å². The van der Waals surface area contributed by atoms with Crippen LogP contribution in [0.25, 0.3) is 11.3 Å². The Bertz CT molecular complexity index is 1400. The lowest BCUT2D eigenvalue weighted by Crippen LogP contribution is -2.43. The van der Waals surface area contributed by atoms with Gasteiger partial charge in [0.15, 0.2) is 0 Å². The third-order valence-electron chi connectivity index (χ3n) is 4.83. The molecule has 4 aromatic rings. The lowest BCUT2D eigenvalue weighted by atomic mass is 10.1. The molecule has 0 bridgehead atoms. The molecular formula is C23H19F3N6O2S. The number of nitrogens with zero attached hydrogens (tertiary/aromatic N) is 5. The summed E-state index contributed by atoms with van der Waals surface area (Å²) in [4.78, 5) is 19.5. The summed E-state index contributed by atoms with van der Waals surface area (Å²) < 4.78 is 64.7. The van der Waals surface area contributed by atoms with Crippen LogP contribution in [0.5, 0.6) is 0 Å². The van der Waals surface area contributed by atoms with Gasteiger partial charge in [0.25, 0.3) is 10.0 Å². The first kappa shape index (κ1) is 24.2. The lowest BCUT2D eigenvalue weighted by molar-refractivity contribution is -0.137. The number of hydrogen-bond acceptors (Lipinski definition) is 7. The number of benzene rings is 2. The van der Waals surface area contributed by atoms with Crippen molar-refractivity contribution in [1.82, 2.24) is 24.8 Å². The smallest absolute Gasteiger partial charge is 0.258 e. The number of halogens is 3. The van der Waals surface area contributed by atoms with Crippen molar-refractivity contribution in [3.05, 3.63) is 96.2 Å². The van der Waals surface area contributed by atoms with Crippen LogP contribution in [-0.2, 0) is 22.7 Å². The molecule has 0 aliphatic carbocycles. The second kappa shape index (κ2) is 9.76. The summed E-state index contributed by atoms with van der Waals surface area (Å²) in [6, 6.07) is 13.7. The predicted molar refractivity (Wildman–Crippen MR) is 122 cm³/mol. The Morgan fingerprint density at radius 1 is 0.914 bits per heavy atom. The van der Waals surface area contributed by atoms with E-state index in [2.05, 4.69) is 24.8 Å². The van der Waals surface area contributed by atoms with Gasteiger partial charge < -0.3 is 0 Å². The predicted octanol–water partition coefficient (Wildman–Crippen LogP) is 4.16. The Balaban J connectivity index is 1.69. The Labute approximate surface area is 199 Å². The fourth-order valence-electron chi connectivity index (χ4n) is 3.07. The highest BCUT2D eigenvalue weighted by atomic mass is 32.2. The molecule has 35 heavy (non-hydrogen) atoms. The van der Waals surface area contributed by atoms with Crippen LogP contribution in [0, 0.1) is 6.92 Å². The Kier molecular flexibility index (Phi) is 6.76. The number of aryl methyl sites for hydroxylation is 1. The van der Waals surface area contributed by atoms with Crippen molar-refractivity contribution in [2.24, 2.45) is 0 Å². The molecule has 4 rings (SSSR count). The van der Waals surface area contributed by atoms with E-state index in [4.69, 9.17) is 0 Å². The average molecular weight is 501 g/mol. The quantitative estimate of drug-likeness (QED) is 0.380. The van der Waals surface area contributed by atoms with Crippen LogP contribution in [0.2, 0.25) is 0 Å². The molecule has 0 spiro atoms. The van der Waals surface area contributed by atoms with E-state index in [1.807, 2.05) is 0 Å². The van der Waals surface area contributed by atoms with Crippen LogP contribution in [-0.4, -0.2) is 28.4 Å². The van der Waals surface area contributed by atoms with Crippen molar-refractivity contribution in [2.75, 3.05) is 5.01 Å². The van der Waals surface area contributed by atoms with Gasteiger partial charge in [-0.2, -0.15) is 13.2 Å². The molecule has 0 unspecified atom stereocenters. The summed E-state index contributed by atoms with van der Waals surface area (Å²) in [7, 11) is -4.01. The zero-order valence-electron chi connectivity index (χ0n) is 18.3. The van der Waals surface area contributed by atoms with E-state index in [9.17, 15) is 21.6 Å². The molecule has 180 valence electrons. The van der Waals surface area contributed by atoms with Gasteiger partial charge in [0.05, 0.1) is 40.3 Å².